The molecule has 2 aromatic rings. The molecule has 0 aromatic heterocycles. The summed E-state index contributed by atoms with van der Waals surface area (Å²) in [6.07, 6.45) is -0.391. The van der Waals surface area contributed by atoms with Crippen molar-refractivity contribution < 1.29 is 9.84 Å². The molecule has 0 amide bonds. The highest BCUT2D eigenvalue weighted by atomic mass is 35.5. The average Bonchev–Trinajstić information content (AvgIpc) is 2.89. The van der Waals surface area contributed by atoms with E-state index in [4.69, 9.17) is 27.9 Å². The zero-order chi connectivity index (χ0) is 15.7. The normalized spacial score (nSPS) is 17.5. The third-order valence-electron chi connectivity index (χ3n) is 3.46. The summed E-state index contributed by atoms with van der Waals surface area (Å²) >= 11 is 12.1. The highest BCUT2D eigenvalue weighted by Gasteiger charge is 2.29. The number of anilines is 1. The van der Waals surface area contributed by atoms with Crippen LogP contribution in [0.5, 0.6) is 5.75 Å². The first-order valence-corrected chi connectivity index (χ1v) is 7.49. The molecule has 1 aliphatic rings. The van der Waals surface area contributed by atoms with Crippen molar-refractivity contribution in [2.45, 2.75) is 12.6 Å². The Hall–Kier alpha value is -1.75. The van der Waals surface area contributed by atoms with E-state index in [1.807, 2.05) is 24.3 Å². The topological polar surface area (TPSA) is 45.1 Å². The maximum Gasteiger partial charge on any atom is 0.153 e. The van der Waals surface area contributed by atoms with Gasteiger partial charge in [0.2, 0.25) is 0 Å². The fraction of sp³-hybridized carbons (Fsp3) is 0.188. The van der Waals surface area contributed by atoms with Crippen LogP contribution in [0.2, 0.25) is 10.0 Å². The lowest BCUT2D eigenvalue weighted by molar-refractivity contribution is 0.187. The lowest BCUT2D eigenvalue weighted by Crippen LogP contribution is -2.25. The molecule has 2 aromatic carbocycles. The van der Waals surface area contributed by atoms with Crippen LogP contribution in [-0.4, -0.2) is 24.2 Å². The molecule has 4 nitrogen and oxygen atoms in total. The Morgan fingerprint density at radius 1 is 1.23 bits per heavy atom. The predicted octanol–water partition coefficient (Wildman–Crippen LogP) is 3.93. The molecular weight excluding hydrogens is 323 g/mol. The van der Waals surface area contributed by atoms with Gasteiger partial charge in [-0.25, -0.2) is 5.01 Å². The number of halogens is 2. The number of rotatable bonds is 3. The number of methoxy groups -OCH3 is 1. The number of nitrogens with zero attached hydrogens (tertiary/aromatic N) is 2. The predicted molar refractivity (Wildman–Crippen MR) is 89.1 cm³/mol. The van der Waals surface area contributed by atoms with Crippen molar-refractivity contribution in [3.63, 3.8) is 0 Å². The first kappa shape index (κ1) is 15.2. The molecule has 0 saturated carbocycles. The van der Waals surface area contributed by atoms with E-state index in [0.29, 0.717) is 22.2 Å². The molecule has 1 unspecified atom stereocenters. The number of aliphatic hydroxyl groups excluding tert-OH is 1. The van der Waals surface area contributed by atoms with Gasteiger partial charge in [0.15, 0.2) is 6.23 Å². The van der Waals surface area contributed by atoms with Gasteiger partial charge in [0.25, 0.3) is 0 Å². The van der Waals surface area contributed by atoms with Crippen LogP contribution in [0.25, 0.3) is 0 Å². The van der Waals surface area contributed by atoms with Crippen molar-refractivity contribution in [3.8, 4) is 5.75 Å². The largest absolute Gasteiger partial charge is 0.496 e. The second-order valence-corrected chi connectivity index (χ2v) is 5.72. The number of ether oxygens (including phenoxy) is 1. The van der Waals surface area contributed by atoms with Crippen molar-refractivity contribution in [3.05, 3.63) is 58.1 Å². The van der Waals surface area contributed by atoms with E-state index in [2.05, 4.69) is 5.10 Å². The fourth-order valence-electron chi connectivity index (χ4n) is 2.43. The van der Waals surface area contributed by atoms with Crippen molar-refractivity contribution in [1.82, 2.24) is 0 Å². The van der Waals surface area contributed by atoms with E-state index >= 15 is 0 Å². The second kappa shape index (κ2) is 6.16. The molecule has 1 atom stereocenters. The number of para-hydroxylation sites is 1. The molecule has 3 rings (SSSR count). The number of hydrogen-bond acceptors (Lipinski definition) is 4. The number of hydrazone groups is 1. The first-order valence-electron chi connectivity index (χ1n) is 6.73. The SMILES string of the molecule is COc1ccccc1C1=NN(c2ccc(Cl)cc2Cl)C(O)C1. The van der Waals surface area contributed by atoms with Crippen molar-refractivity contribution in [2.75, 3.05) is 12.1 Å². The molecule has 0 radical (unpaired) electrons. The van der Waals surface area contributed by atoms with E-state index < -0.39 is 6.23 Å². The minimum Gasteiger partial charge on any atom is -0.496 e. The van der Waals surface area contributed by atoms with Gasteiger partial charge in [0.05, 0.1) is 23.5 Å². The molecule has 0 bridgehead atoms. The average molecular weight is 337 g/mol. The van der Waals surface area contributed by atoms with Crippen LogP contribution >= 0.6 is 23.2 Å². The van der Waals surface area contributed by atoms with Crippen molar-refractivity contribution in [2.24, 2.45) is 5.10 Å². The molecule has 1 aliphatic heterocycles. The number of benzene rings is 2. The third kappa shape index (κ3) is 2.77. The third-order valence-corrected chi connectivity index (χ3v) is 4.00. The fourth-order valence-corrected chi connectivity index (χ4v) is 2.92. The van der Waals surface area contributed by atoms with Gasteiger partial charge in [-0.15, -0.1) is 0 Å². The Labute approximate surface area is 138 Å². The summed E-state index contributed by atoms with van der Waals surface area (Å²) in [7, 11) is 1.61. The minimum atomic E-state index is -0.779. The van der Waals surface area contributed by atoms with Gasteiger partial charge in [0, 0.05) is 17.0 Å². The molecule has 22 heavy (non-hydrogen) atoms. The van der Waals surface area contributed by atoms with Crippen LogP contribution in [0.3, 0.4) is 0 Å². The van der Waals surface area contributed by atoms with Crippen LogP contribution in [0.1, 0.15) is 12.0 Å². The smallest absolute Gasteiger partial charge is 0.153 e. The quantitative estimate of drug-likeness (QED) is 0.923. The molecule has 0 saturated heterocycles. The van der Waals surface area contributed by atoms with Crippen LogP contribution in [0.4, 0.5) is 5.69 Å². The molecule has 0 aliphatic carbocycles. The molecule has 6 heteroatoms. The van der Waals surface area contributed by atoms with Gasteiger partial charge in [-0.1, -0.05) is 35.3 Å². The van der Waals surface area contributed by atoms with Gasteiger partial charge in [-0.3, -0.25) is 0 Å². The number of hydrogen-bond donors (Lipinski definition) is 1. The zero-order valence-electron chi connectivity index (χ0n) is 11.8. The lowest BCUT2D eigenvalue weighted by atomic mass is 10.1. The van der Waals surface area contributed by atoms with Gasteiger partial charge < -0.3 is 9.84 Å². The summed E-state index contributed by atoms with van der Waals surface area (Å²) < 4.78 is 5.35. The lowest BCUT2D eigenvalue weighted by Gasteiger charge is -2.19. The Morgan fingerprint density at radius 2 is 2.00 bits per heavy atom. The summed E-state index contributed by atoms with van der Waals surface area (Å²) in [5.41, 5.74) is 2.22. The van der Waals surface area contributed by atoms with E-state index in [-0.39, 0.29) is 0 Å². The molecular formula is C16H14Cl2N2O2. The van der Waals surface area contributed by atoms with Crippen LogP contribution in [-0.2, 0) is 0 Å². The minimum absolute atomic E-state index is 0.388. The molecule has 1 N–H and O–H groups in total. The zero-order valence-corrected chi connectivity index (χ0v) is 13.3. The standard InChI is InChI=1S/C16H14Cl2N2O2/c1-22-15-5-3-2-4-11(15)13-9-16(21)20(19-13)14-7-6-10(17)8-12(14)18/h2-8,16,21H,9H2,1H3. The summed E-state index contributed by atoms with van der Waals surface area (Å²) in [4.78, 5) is 0. The summed E-state index contributed by atoms with van der Waals surface area (Å²) in [6, 6.07) is 12.7. The summed E-state index contributed by atoms with van der Waals surface area (Å²) in [6.45, 7) is 0. The monoisotopic (exact) mass is 336 g/mol. The van der Waals surface area contributed by atoms with E-state index in [0.717, 1.165) is 17.0 Å². The van der Waals surface area contributed by atoms with E-state index in [1.54, 1.807) is 25.3 Å². The van der Waals surface area contributed by atoms with Crippen molar-refractivity contribution in [1.29, 1.82) is 0 Å². The Morgan fingerprint density at radius 3 is 2.73 bits per heavy atom. The van der Waals surface area contributed by atoms with Crippen LogP contribution < -0.4 is 9.75 Å². The van der Waals surface area contributed by atoms with Gasteiger partial charge >= 0.3 is 0 Å². The highest BCUT2D eigenvalue weighted by Crippen LogP contribution is 2.34. The molecule has 0 fully saturated rings. The Kier molecular flexibility index (Phi) is 4.25. The maximum absolute atomic E-state index is 10.3. The van der Waals surface area contributed by atoms with Gasteiger partial charge in [-0.05, 0) is 30.3 Å². The van der Waals surface area contributed by atoms with E-state index in [9.17, 15) is 5.11 Å². The molecule has 114 valence electrons. The Bertz CT molecular complexity index is 734. The maximum atomic E-state index is 10.3. The Balaban J connectivity index is 1.99. The summed E-state index contributed by atoms with van der Waals surface area (Å²) in [5, 5.41) is 17.3. The van der Waals surface area contributed by atoms with E-state index in [1.165, 1.54) is 5.01 Å². The molecule has 0 spiro atoms. The van der Waals surface area contributed by atoms with Gasteiger partial charge in [-0.2, -0.15) is 5.10 Å². The van der Waals surface area contributed by atoms with Crippen LogP contribution in [0.15, 0.2) is 47.6 Å². The van der Waals surface area contributed by atoms with Crippen LogP contribution in [0, 0.1) is 0 Å². The highest BCUT2D eigenvalue weighted by molar-refractivity contribution is 6.36. The van der Waals surface area contributed by atoms with Gasteiger partial charge in [0.1, 0.15) is 5.75 Å². The second-order valence-electron chi connectivity index (χ2n) is 4.87. The first-order chi connectivity index (χ1) is 10.6. The summed E-state index contributed by atoms with van der Waals surface area (Å²) in [5.74, 6) is 0.720. The molecule has 1 heterocycles. The van der Waals surface area contributed by atoms with Crippen molar-refractivity contribution >= 4 is 34.6 Å². The number of aliphatic hydroxyl groups is 1.